The number of carbonyl (C=O) groups excluding carboxylic acids is 2. The van der Waals surface area contributed by atoms with Crippen LogP contribution in [0.1, 0.15) is 34.8 Å². The van der Waals surface area contributed by atoms with Crippen molar-refractivity contribution in [2.24, 2.45) is 0 Å². The molecule has 1 aliphatic rings. The first-order valence-electron chi connectivity index (χ1n) is 10.1. The van der Waals surface area contributed by atoms with Crippen molar-refractivity contribution < 1.29 is 14.0 Å². The highest BCUT2D eigenvalue weighted by atomic mass is 16.3. The first-order valence-corrected chi connectivity index (χ1v) is 10.1. The number of benzene rings is 2. The van der Waals surface area contributed by atoms with Crippen molar-refractivity contribution in [3.05, 3.63) is 65.5 Å². The first-order chi connectivity index (χ1) is 14.1. The number of aryl methyl sites for hydroxylation is 2. The van der Waals surface area contributed by atoms with Crippen molar-refractivity contribution in [3.8, 4) is 0 Å². The van der Waals surface area contributed by atoms with Gasteiger partial charge in [0.2, 0.25) is 5.91 Å². The SMILES string of the molecule is CCc1ccc(CCC(=O)N2CCN(C(=O)c3ccc4ocnc4c3)CC2)cc1. The summed E-state index contributed by atoms with van der Waals surface area (Å²) in [6.07, 6.45) is 3.65. The Morgan fingerprint density at radius 1 is 0.966 bits per heavy atom. The normalized spacial score (nSPS) is 14.4. The molecule has 0 spiro atoms. The summed E-state index contributed by atoms with van der Waals surface area (Å²) in [5.41, 5.74) is 4.44. The minimum Gasteiger partial charge on any atom is -0.443 e. The Balaban J connectivity index is 1.28. The zero-order valence-electron chi connectivity index (χ0n) is 16.6. The third kappa shape index (κ3) is 4.31. The van der Waals surface area contributed by atoms with Crippen LogP contribution >= 0.6 is 0 Å². The molecule has 2 amide bonds. The molecule has 150 valence electrons. The maximum atomic E-state index is 12.8. The number of carbonyl (C=O) groups is 2. The van der Waals surface area contributed by atoms with Crippen molar-refractivity contribution in [1.29, 1.82) is 0 Å². The Hall–Kier alpha value is -3.15. The zero-order chi connectivity index (χ0) is 20.2. The Bertz CT molecular complexity index is 1000. The molecule has 0 unspecified atom stereocenters. The van der Waals surface area contributed by atoms with Gasteiger partial charge in [-0.05, 0) is 42.2 Å². The van der Waals surface area contributed by atoms with E-state index < -0.39 is 0 Å². The van der Waals surface area contributed by atoms with Gasteiger partial charge in [-0.1, -0.05) is 31.2 Å². The van der Waals surface area contributed by atoms with E-state index in [4.69, 9.17) is 4.42 Å². The van der Waals surface area contributed by atoms with E-state index in [1.54, 1.807) is 23.1 Å². The highest BCUT2D eigenvalue weighted by Crippen LogP contribution is 2.17. The van der Waals surface area contributed by atoms with E-state index in [9.17, 15) is 9.59 Å². The quantitative estimate of drug-likeness (QED) is 0.669. The molecular formula is C23H25N3O3. The van der Waals surface area contributed by atoms with Gasteiger partial charge in [0.05, 0.1) is 0 Å². The van der Waals surface area contributed by atoms with Gasteiger partial charge in [0.25, 0.3) is 5.91 Å². The van der Waals surface area contributed by atoms with Crippen LogP contribution in [0.25, 0.3) is 11.1 Å². The Labute approximate surface area is 170 Å². The predicted molar refractivity (Wildman–Crippen MR) is 111 cm³/mol. The monoisotopic (exact) mass is 391 g/mol. The third-order valence-corrected chi connectivity index (χ3v) is 5.56. The van der Waals surface area contributed by atoms with Gasteiger partial charge in [0.1, 0.15) is 5.52 Å². The van der Waals surface area contributed by atoms with E-state index in [-0.39, 0.29) is 11.8 Å². The first kappa shape index (κ1) is 19.2. The van der Waals surface area contributed by atoms with E-state index in [1.807, 2.05) is 4.90 Å². The van der Waals surface area contributed by atoms with Gasteiger partial charge < -0.3 is 14.2 Å². The van der Waals surface area contributed by atoms with Crippen molar-refractivity contribution in [2.75, 3.05) is 26.2 Å². The van der Waals surface area contributed by atoms with Crippen molar-refractivity contribution >= 4 is 22.9 Å². The molecule has 1 saturated heterocycles. The van der Waals surface area contributed by atoms with Crippen LogP contribution in [0.15, 0.2) is 53.3 Å². The van der Waals surface area contributed by atoms with Crippen LogP contribution in [-0.2, 0) is 17.6 Å². The molecule has 3 aromatic rings. The third-order valence-electron chi connectivity index (χ3n) is 5.56. The predicted octanol–water partition coefficient (Wildman–Crippen LogP) is 3.31. The second-order valence-corrected chi connectivity index (χ2v) is 7.38. The lowest BCUT2D eigenvalue weighted by Crippen LogP contribution is -2.50. The fraction of sp³-hybridized carbons (Fsp3) is 0.348. The summed E-state index contributed by atoms with van der Waals surface area (Å²) in [6.45, 7) is 4.38. The molecule has 6 heteroatoms. The van der Waals surface area contributed by atoms with Gasteiger partial charge in [0, 0.05) is 38.2 Å². The number of amides is 2. The second kappa shape index (κ2) is 8.47. The van der Waals surface area contributed by atoms with E-state index >= 15 is 0 Å². The highest BCUT2D eigenvalue weighted by molar-refractivity contribution is 5.97. The maximum absolute atomic E-state index is 12.8. The summed E-state index contributed by atoms with van der Waals surface area (Å²) >= 11 is 0. The van der Waals surface area contributed by atoms with Gasteiger partial charge in [-0.25, -0.2) is 4.98 Å². The van der Waals surface area contributed by atoms with Gasteiger partial charge in [0.15, 0.2) is 12.0 Å². The topological polar surface area (TPSA) is 66.7 Å². The maximum Gasteiger partial charge on any atom is 0.254 e. The molecule has 1 fully saturated rings. The van der Waals surface area contributed by atoms with Crippen LogP contribution in [-0.4, -0.2) is 52.8 Å². The van der Waals surface area contributed by atoms with Gasteiger partial charge in [-0.2, -0.15) is 0 Å². The summed E-state index contributed by atoms with van der Waals surface area (Å²) in [7, 11) is 0. The van der Waals surface area contributed by atoms with Gasteiger partial charge >= 0.3 is 0 Å². The van der Waals surface area contributed by atoms with Crippen LogP contribution in [0.4, 0.5) is 0 Å². The smallest absolute Gasteiger partial charge is 0.254 e. The average molecular weight is 391 g/mol. The Morgan fingerprint density at radius 3 is 2.38 bits per heavy atom. The van der Waals surface area contributed by atoms with Crippen molar-refractivity contribution in [3.63, 3.8) is 0 Å². The van der Waals surface area contributed by atoms with E-state index in [1.165, 1.54) is 17.5 Å². The van der Waals surface area contributed by atoms with Crippen LogP contribution in [0.2, 0.25) is 0 Å². The summed E-state index contributed by atoms with van der Waals surface area (Å²) in [5.74, 6) is 0.124. The lowest BCUT2D eigenvalue weighted by atomic mass is 10.1. The van der Waals surface area contributed by atoms with Crippen LogP contribution < -0.4 is 0 Å². The summed E-state index contributed by atoms with van der Waals surface area (Å²) in [5, 5.41) is 0. The fourth-order valence-corrected chi connectivity index (χ4v) is 3.68. The minimum atomic E-state index is -0.0296. The molecular weight excluding hydrogens is 366 g/mol. The molecule has 4 rings (SSSR count). The number of hydrogen-bond donors (Lipinski definition) is 0. The van der Waals surface area contributed by atoms with Crippen molar-refractivity contribution in [2.45, 2.75) is 26.2 Å². The van der Waals surface area contributed by atoms with E-state index in [2.05, 4.69) is 36.2 Å². The molecule has 1 aliphatic heterocycles. The van der Waals surface area contributed by atoms with Crippen LogP contribution in [0, 0.1) is 0 Å². The molecule has 0 bridgehead atoms. The standard InChI is InChI=1S/C23H25N3O3/c1-2-17-3-5-18(6-4-17)7-10-22(27)25-11-13-26(14-12-25)23(28)19-8-9-21-20(15-19)24-16-29-21/h3-6,8-9,15-16H,2,7,10-14H2,1H3. The molecule has 0 N–H and O–H groups in total. The van der Waals surface area contributed by atoms with E-state index in [0.29, 0.717) is 49.3 Å². The lowest BCUT2D eigenvalue weighted by Gasteiger charge is -2.35. The van der Waals surface area contributed by atoms with Crippen molar-refractivity contribution in [1.82, 2.24) is 14.8 Å². The Kier molecular flexibility index (Phi) is 5.60. The van der Waals surface area contributed by atoms with E-state index in [0.717, 1.165) is 12.8 Å². The number of piperazine rings is 1. The average Bonchev–Trinajstić information content (AvgIpc) is 3.25. The summed E-state index contributed by atoms with van der Waals surface area (Å²) < 4.78 is 5.22. The van der Waals surface area contributed by atoms with Crippen LogP contribution in [0.3, 0.4) is 0 Å². The molecule has 2 aromatic carbocycles. The fourth-order valence-electron chi connectivity index (χ4n) is 3.68. The minimum absolute atomic E-state index is 0.0296. The van der Waals surface area contributed by atoms with Crippen LogP contribution in [0.5, 0.6) is 0 Å². The summed E-state index contributed by atoms with van der Waals surface area (Å²) in [4.78, 5) is 33.1. The molecule has 0 radical (unpaired) electrons. The zero-order valence-corrected chi connectivity index (χ0v) is 16.6. The molecule has 6 nitrogen and oxygen atoms in total. The lowest BCUT2D eigenvalue weighted by molar-refractivity contribution is -0.132. The molecule has 29 heavy (non-hydrogen) atoms. The van der Waals surface area contributed by atoms with Gasteiger partial charge in [-0.3, -0.25) is 9.59 Å². The number of nitrogens with zero attached hydrogens (tertiary/aromatic N) is 3. The molecule has 1 aromatic heterocycles. The number of oxazole rings is 1. The number of fused-ring (bicyclic) bond motifs is 1. The second-order valence-electron chi connectivity index (χ2n) is 7.38. The number of hydrogen-bond acceptors (Lipinski definition) is 4. The highest BCUT2D eigenvalue weighted by Gasteiger charge is 2.25. The molecule has 0 atom stereocenters. The molecule has 0 saturated carbocycles. The molecule has 2 heterocycles. The molecule has 0 aliphatic carbocycles. The van der Waals surface area contributed by atoms with Gasteiger partial charge in [-0.15, -0.1) is 0 Å². The summed E-state index contributed by atoms with van der Waals surface area (Å²) in [6, 6.07) is 13.7. The number of aromatic nitrogens is 1. The Morgan fingerprint density at radius 2 is 1.66 bits per heavy atom. The largest absolute Gasteiger partial charge is 0.443 e. The number of rotatable bonds is 5.